The molecule has 5 heteroatoms. The summed E-state index contributed by atoms with van der Waals surface area (Å²) in [6.07, 6.45) is 3.26. The second kappa shape index (κ2) is 7.71. The summed E-state index contributed by atoms with van der Waals surface area (Å²) < 4.78 is 12.1. The Morgan fingerprint density at radius 1 is 1.29 bits per heavy atom. The average Bonchev–Trinajstić information content (AvgIpc) is 2.48. The molecule has 1 saturated heterocycles. The Hall–Kier alpha value is -1.20. The van der Waals surface area contributed by atoms with Crippen LogP contribution in [0.15, 0.2) is 24.3 Å². The van der Waals surface area contributed by atoms with E-state index < -0.39 is 10.8 Å². The molecule has 1 amide bonds. The number of rotatable bonds is 5. The van der Waals surface area contributed by atoms with Crippen LogP contribution in [0.5, 0.6) is 0 Å². The maximum absolute atomic E-state index is 12.2. The standard InChI is InChI=1S/C16H23NO3S/c1-13-4-2-3-9-17(13)16(19)12-21(20)11-15-7-5-14(10-18)6-8-15/h5-8,13,18H,2-4,9-12H2,1H3. The van der Waals surface area contributed by atoms with Gasteiger partial charge in [-0.25, -0.2) is 0 Å². The summed E-state index contributed by atoms with van der Waals surface area (Å²) in [5.74, 6) is 0.499. The molecule has 1 aromatic rings. The maximum Gasteiger partial charge on any atom is 0.235 e. The summed E-state index contributed by atoms with van der Waals surface area (Å²) in [6.45, 7) is 2.87. The molecular formula is C16H23NO3S. The van der Waals surface area contributed by atoms with Crippen LogP contribution in [0.3, 0.4) is 0 Å². The SMILES string of the molecule is CC1CCCCN1C(=O)CS(=O)Cc1ccc(CO)cc1. The highest BCUT2D eigenvalue weighted by molar-refractivity contribution is 7.84. The van der Waals surface area contributed by atoms with Gasteiger partial charge in [0.05, 0.1) is 6.61 Å². The van der Waals surface area contributed by atoms with Gasteiger partial charge in [-0.2, -0.15) is 0 Å². The van der Waals surface area contributed by atoms with Gasteiger partial charge in [-0.15, -0.1) is 0 Å². The minimum absolute atomic E-state index is 0.00696. The van der Waals surface area contributed by atoms with E-state index in [0.29, 0.717) is 5.75 Å². The average molecular weight is 309 g/mol. The van der Waals surface area contributed by atoms with Crippen LogP contribution in [0.2, 0.25) is 0 Å². The van der Waals surface area contributed by atoms with Crippen LogP contribution >= 0.6 is 0 Å². The van der Waals surface area contributed by atoms with Crippen molar-refractivity contribution in [3.05, 3.63) is 35.4 Å². The molecule has 4 nitrogen and oxygen atoms in total. The number of hydrogen-bond acceptors (Lipinski definition) is 3. The van der Waals surface area contributed by atoms with Gasteiger partial charge in [0.2, 0.25) is 5.91 Å². The van der Waals surface area contributed by atoms with Crippen molar-refractivity contribution < 1.29 is 14.1 Å². The van der Waals surface area contributed by atoms with Gasteiger partial charge in [-0.05, 0) is 37.3 Å². The highest BCUT2D eigenvalue weighted by Crippen LogP contribution is 2.17. The van der Waals surface area contributed by atoms with Crippen molar-refractivity contribution in [3.8, 4) is 0 Å². The molecule has 0 aliphatic carbocycles. The zero-order valence-electron chi connectivity index (χ0n) is 12.5. The zero-order chi connectivity index (χ0) is 15.2. The summed E-state index contributed by atoms with van der Waals surface area (Å²) in [7, 11) is -1.18. The van der Waals surface area contributed by atoms with Crippen molar-refractivity contribution in [3.63, 3.8) is 0 Å². The fourth-order valence-corrected chi connectivity index (χ4v) is 3.77. The van der Waals surface area contributed by atoms with Crippen molar-refractivity contribution in [2.45, 2.75) is 44.6 Å². The molecule has 2 rings (SSSR count). The van der Waals surface area contributed by atoms with E-state index in [2.05, 4.69) is 6.92 Å². The number of benzene rings is 1. The predicted octanol–water partition coefficient (Wildman–Crippen LogP) is 1.83. The van der Waals surface area contributed by atoms with Gasteiger partial charge in [0.25, 0.3) is 0 Å². The molecule has 0 spiro atoms. The fourth-order valence-electron chi connectivity index (χ4n) is 2.67. The topological polar surface area (TPSA) is 57.6 Å². The van der Waals surface area contributed by atoms with Crippen LogP contribution in [-0.4, -0.2) is 38.5 Å². The van der Waals surface area contributed by atoms with E-state index in [1.807, 2.05) is 29.2 Å². The third-order valence-electron chi connectivity index (χ3n) is 3.94. The van der Waals surface area contributed by atoms with E-state index in [1.54, 1.807) is 0 Å². The molecule has 0 bridgehead atoms. The minimum Gasteiger partial charge on any atom is -0.392 e. The number of nitrogens with zero attached hydrogens (tertiary/aromatic N) is 1. The molecule has 21 heavy (non-hydrogen) atoms. The molecule has 116 valence electrons. The van der Waals surface area contributed by atoms with Gasteiger partial charge in [-0.3, -0.25) is 9.00 Å². The number of carbonyl (C=O) groups excluding carboxylic acids is 1. The van der Waals surface area contributed by atoms with E-state index >= 15 is 0 Å². The summed E-state index contributed by atoms with van der Waals surface area (Å²) in [4.78, 5) is 14.1. The van der Waals surface area contributed by atoms with E-state index in [4.69, 9.17) is 5.11 Å². The molecule has 0 aromatic heterocycles. The molecule has 1 heterocycles. The fraction of sp³-hybridized carbons (Fsp3) is 0.562. The number of aliphatic hydroxyl groups excluding tert-OH is 1. The second-order valence-corrected chi connectivity index (χ2v) is 7.09. The predicted molar refractivity (Wildman–Crippen MR) is 84.1 cm³/mol. The highest BCUT2D eigenvalue weighted by atomic mass is 32.2. The van der Waals surface area contributed by atoms with Crippen molar-refractivity contribution in [2.75, 3.05) is 12.3 Å². The Morgan fingerprint density at radius 2 is 1.95 bits per heavy atom. The van der Waals surface area contributed by atoms with Crippen molar-refractivity contribution in [1.29, 1.82) is 0 Å². The summed E-state index contributed by atoms with van der Waals surface area (Å²) in [6, 6.07) is 7.63. The largest absolute Gasteiger partial charge is 0.392 e. The first kappa shape index (κ1) is 16.2. The lowest BCUT2D eigenvalue weighted by atomic mass is 10.0. The third-order valence-corrected chi connectivity index (χ3v) is 5.17. The van der Waals surface area contributed by atoms with Gasteiger partial charge in [0.1, 0.15) is 5.75 Å². The van der Waals surface area contributed by atoms with E-state index in [-0.39, 0.29) is 24.3 Å². The molecule has 0 saturated carbocycles. The molecule has 1 N–H and O–H groups in total. The summed E-state index contributed by atoms with van der Waals surface area (Å²) in [5.41, 5.74) is 1.77. The molecule has 0 radical (unpaired) electrons. The van der Waals surface area contributed by atoms with Gasteiger partial charge in [-0.1, -0.05) is 24.3 Å². The van der Waals surface area contributed by atoms with Crippen LogP contribution in [-0.2, 0) is 28.0 Å². The summed E-state index contributed by atoms with van der Waals surface area (Å²) >= 11 is 0. The number of hydrogen-bond donors (Lipinski definition) is 1. The Balaban J connectivity index is 1.87. The zero-order valence-corrected chi connectivity index (χ0v) is 13.3. The first-order valence-corrected chi connectivity index (χ1v) is 8.92. The number of amides is 1. The Labute approximate surface area is 128 Å². The van der Waals surface area contributed by atoms with E-state index in [0.717, 1.165) is 30.5 Å². The summed E-state index contributed by atoms with van der Waals surface area (Å²) in [5, 5.41) is 8.99. The molecular weight excluding hydrogens is 286 g/mol. The number of aliphatic hydroxyl groups is 1. The van der Waals surface area contributed by atoms with Crippen molar-refractivity contribution >= 4 is 16.7 Å². The van der Waals surface area contributed by atoms with E-state index in [1.165, 1.54) is 6.42 Å². The monoisotopic (exact) mass is 309 g/mol. The van der Waals surface area contributed by atoms with Crippen LogP contribution in [0, 0.1) is 0 Å². The normalized spacial score (nSPS) is 20.3. The first-order chi connectivity index (χ1) is 10.1. The lowest BCUT2D eigenvalue weighted by Gasteiger charge is -2.33. The lowest BCUT2D eigenvalue weighted by molar-refractivity contribution is -0.131. The smallest absolute Gasteiger partial charge is 0.235 e. The number of likely N-dealkylation sites (tertiary alicyclic amines) is 1. The van der Waals surface area contributed by atoms with E-state index in [9.17, 15) is 9.00 Å². The van der Waals surface area contributed by atoms with Gasteiger partial charge in [0, 0.05) is 29.1 Å². The molecule has 2 unspecified atom stereocenters. The van der Waals surface area contributed by atoms with Gasteiger partial charge < -0.3 is 10.0 Å². The second-order valence-electron chi connectivity index (χ2n) is 5.64. The van der Waals surface area contributed by atoms with Crippen LogP contribution in [0.25, 0.3) is 0 Å². The molecule has 1 fully saturated rings. The van der Waals surface area contributed by atoms with Crippen LogP contribution in [0.4, 0.5) is 0 Å². The van der Waals surface area contributed by atoms with Gasteiger partial charge >= 0.3 is 0 Å². The molecule has 1 aliphatic heterocycles. The minimum atomic E-state index is -1.18. The lowest BCUT2D eigenvalue weighted by Crippen LogP contribution is -2.44. The number of piperidine rings is 1. The van der Waals surface area contributed by atoms with Gasteiger partial charge in [0.15, 0.2) is 0 Å². The molecule has 1 aliphatic rings. The third kappa shape index (κ3) is 4.64. The Morgan fingerprint density at radius 3 is 2.57 bits per heavy atom. The molecule has 1 aromatic carbocycles. The highest BCUT2D eigenvalue weighted by Gasteiger charge is 2.24. The van der Waals surface area contributed by atoms with Crippen LogP contribution in [0.1, 0.15) is 37.3 Å². The Kier molecular flexibility index (Phi) is 5.94. The van der Waals surface area contributed by atoms with Crippen molar-refractivity contribution in [2.24, 2.45) is 0 Å². The first-order valence-electron chi connectivity index (χ1n) is 7.43. The quantitative estimate of drug-likeness (QED) is 0.903. The maximum atomic E-state index is 12.2. The van der Waals surface area contributed by atoms with Crippen molar-refractivity contribution in [1.82, 2.24) is 4.90 Å². The number of carbonyl (C=O) groups is 1. The van der Waals surface area contributed by atoms with Crippen LogP contribution < -0.4 is 0 Å². The molecule has 2 atom stereocenters. The Bertz CT molecular complexity index is 501.